The van der Waals surface area contributed by atoms with Gasteiger partial charge >= 0.3 is 0 Å². The molecule has 2 aromatic heterocycles. The van der Waals surface area contributed by atoms with E-state index in [2.05, 4.69) is 15.1 Å². The fourth-order valence-corrected chi connectivity index (χ4v) is 3.88. The van der Waals surface area contributed by atoms with Crippen molar-refractivity contribution < 1.29 is 4.79 Å². The number of likely N-dealkylation sites (N-methyl/N-ethyl adjacent to an activating group) is 1. The molecule has 7 heteroatoms. The predicted octanol–water partition coefficient (Wildman–Crippen LogP) is 3.07. The van der Waals surface area contributed by atoms with Crippen LogP contribution in [0.15, 0.2) is 47.9 Å². The Hall–Kier alpha value is -2.41. The molecule has 0 radical (unpaired) electrons. The first-order valence-electron chi connectivity index (χ1n) is 8.28. The second kappa shape index (κ2) is 7.65. The fraction of sp³-hybridized carbons (Fsp3) is 0.333. The molecule has 0 saturated carbocycles. The third kappa shape index (κ3) is 3.51. The summed E-state index contributed by atoms with van der Waals surface area (Å²) in [6, 6.07) is 9.84. The summed E-state index contributed by atoms with van der Waals surface area (Å²) in [5, 5.41) is 5.54. The molecular formula is C18H21N5OS. The smallest absolute Gasteiger partial charge is 0.240 e. The quantitative estimate of drug-likeness (QED) is 0.502. The van der Waals surface area contributed by atoms with Crippen LogP contribution in [0.5, 0.6) is 0 Å². The van der Waals surface area contributed by atoms with Gasteiger partial charge < -0.3 is 4.90 Å². The minimum absolute atomic E-state index is 0.0943. The Morgan fingerprint density at radius 3 is 2.60 bits per heavy atom. The van der Waals surface area contributed by atoms with Crippen molar-refractivity contribution in [1.82, 2.24) is 24.6 Å². The number of amides is 1. The summed E-state index contributed by atoms with van der Waals surface area (Å²) in [5.41, 5.74) is 1.74. The first-order chi connectivity index (χ1) is 12.2. The molecule has 0 aliphatic rings. The summed E-state index contributed by atoms with van der Waals surface area (Å²) in [4.78, 5) is 23.6. The maximum atomic E-state index is 13.1. The summed E-state index contributed by atoms with van der Waals surface area (Å²) >= 11 is 1.46. The van der Waals surface area contributed by atoms with Gasteiger partial charge in [0.05, 0.1) is 11.6 Å². The number of hydrogen-bond donors (Lipinski definition) is 0. The highest BCUT2D eigenvalue weighted by Gasteiger charge is 2.27. The van der Waals surface area contributed by atoms with Gasteiger partial charge in [0.25, 0.3) is 0 Å². The van der Waals surface area contributed by atoms with Crippen LogP contribution in [0.4, 0.5) is 0 Å². The topological polar surface area (TPSA) is 63.9 Å². The van der Waals surface area contributed by atoms with Crippen molar-refractivity contribution in [1.29, 1.82) is 0 Å². The van der Waals surface area contributed by atoms with Crippen molar-refractivity contribution in [3.8, 4) is 0 Å². The van der Waals surface area contributed by atoms with Crippen molar-refractivity contribution in [3.05, 3.63) is 48.4 Å². The SMILES string of the molecule is CCN(CC)C(=O)C(Sc1ncnc2c1cnn2C)c1ccccc1. The van der Waals surface area contributed by atoms with Crippen molar-refractivity contribution in [3.63, 3.8) is 0 Å². The van der Waals surface area contributed by atoms with E-state index in [9.17, 15) is 4.79 Å². The maximum Gasteiger partial charge on any atom is 0.240 e. The van der Waals surface area contributed by atoms with E-state index < -0.39 is 0 Å². The molecule has 130 valence electrons. The van der Waals surface area contributed by atoms with Gasteiger partial charge in [0, 0.05) is 20.1 Å². The van der Waals surface area contributed by atoms with Crippen LogP contribution in [0.1, 0.15) is 24.7 Å². The fourth-order valence-electron chi connectivity index (χ4n) is 2.74. The molecule has 1 atom stereocenters. The van der Waals surface area contributed by atoms with Crippen molar-refractivity contribution >= 4 is 28.7 Å². The lowest BCUT2D eigenvalue weighted by molar-refractivity contribution is -0.130. The van der Waals surface area contributed by atoms with Gasteiger partial charge in [-0.1, -0.05) is 42.1 Å². The molecule has 1 aromatic carbocycles. The van der Waals surface area contributed by atoms with E-state index in [1.54, 1.807) is 10.9 Å². The van der Waals surface area contributed by atoms with Crippen molar-refractivity contribution in [2.24, 2.45) is 7.05 Å². The van der Waals surface area contributed by atoms with Gasteiger partial charge in [-0.2, -0.15) is 5.10 Å². The number of hydrogen-bond acceptors (Lipinski definition) is 5. The summed E-state index contributed by atoms with van der Waals surface area (Å²) in [7, 11) is 1.85. The van der Waals surface area contributed by atoms with Crippen LogP contribution in [0.3, 0.4) is 0 Å². The molecule has 0 saturated heterocycles. The molecular weight excluding hydrogens is 334 g/mol. The Balaban J connectivity index is 2.01. The average molecular weight is 355 g/mol. The van der Waals surface area contributed by atoms with E-state index in [-0.39, 0.29) is 11.2 Å². The highest BCUT2D eigenvalue weighted by atomic mass is 32.2. The normalized spacial score (nSPS) is 12.3. The molecule has 0 bridgehead atoms. The summed E-state index contributed by atoms with van der Waals surface area (Å²) in [6.07, 6.45) is 3.28. The highest BCUT2D eigenvalue weighted by Crippen LogP contribution is 2.38. The number of aromatic nitrogens is 4. The third-order valence-electron chi connectivity index (χ3n) is 4.12. The number of carbonyl (C=O) groups excluding carboxylic acids is 1. The molecule has 6 nitrogen and oxygen atoms in total. The maximum absolute atomic E-state index is 13.1. The van der Waals surface area contributed by atoms with Crippen LogP contribution >= 0.6 is 11.8 Å². The van der Waals surface area contributed by atoms with Gasteiger partial charge in [-0.15, -0.1) is 0 Å². The average Bonchev–Trinajstić information content (AvgIpc) is 3.03. The number of benzene rings is 1. The standard InChI is InChI=1S/C18H21N5OS/c1-4-23(5-2)18(24)15(13-9-7-6-8-10-13)25-17-14-11-21-22(3)16(14)19-12-20-17/h6-12,15H,4-5H2,1-3H3. The Labute approximate surface area is 151 Å². The molecule has 3 rings (SSSR count). The number of rotatable bonds is 6. The van der Waals surface area contributed by atoms with Gasteiger partial charge in [-0.3, -0.25) is 9.48 Å². The van der Waals surface area contributed by atoms with Crippen LogP contribution in [0.25, 0.3) is 11.0 Å². The molecule has 25 heavy (non-hydrogen) atoms. The molecule has 0 spiro atoms. The second-order valence-electron chi connectivity index (χ2n) is 5.60. The lowest BCUT2D eigenvalue weighted by atomic mass is 10.1. The molecule has 1 unspecified atom stereocenters. The van der Waals surface area contributed by atoms with Crippen LogP contribution in [0, 0.1) is 0 Å². The summed E-state index contributed by atoms with van der Waals surface area (Å²) in [5.74, 6) is 0.0943. The first-order valence-corrected chi connectivity index (χ1v) is 9.16. The minimum Gasteiger partial charge on any atom is -0.342 e. The summed E-state index contributed by atoms with van der Waals surface area (Å²) in [6.45, 7) is 5.37. The van der Waals surface area contributed by atoms with Gasteiger partial charge in [-0.25, -0.2) is 9.97 Å². The van der Waals surface area contributed by atoms with Crippen LogP contribution in [0.2, 0.25) is 0 Å². The molecule has 0 aliphatic heterocycles. The zero-order valence-electron chi connectivity index (χ0n) is 14.6. The Morgan fingerprint density at radius 1 is 1.20 bits per heavy atom. The number of aryl methyl sites for hydroxylation is 1. The molecule has 0 fully saturated rings. The number of thioether (sulfide) groups is 1. The lowest BCUT2D eigenvalue weighted by Gasteiger charge is -2.25. The van der Waals surface area contributed by atoms with Gasteiger partial charge in [-0.05, 0) is 19.4 Å². The summed E-state index contributed by atoms with van der Waals surface area (Å²) < 4.78 is 1.71. The molecule has 1 amide bonds. The third-order valence-corrected chi connectivity index (χ3v) is 5.38. The van der Waals surface area contributed by atoms with Crippen molar-refractivity contribution in [2.75, 3.05) is 13.1 Å². The number of nitrogens with zero attached hydrogens (tertiary/aromatic N) is 5. The minimum atomic E-state index is -0.348. The van der Waals surface area contributed by atoms with E-state index >= 15 is 0 Å². The van der Waals surface area contributed by atoms with Crippen molar-refractivity contribution in [2.45, 2.75) is 24.1 Å². The zero-order chi connectivity index (χ0) is 17.8. The first kappa shape index (κ1) is 17.4. The van der Waals surface area contributed by atoms with Crippen LogP contribution in [-0.4, -0.2) is 43.6 Å². The molecule has 0 aliphatic carbocycles. The van der Waals surface area contributed by atoms with E-state index in [4.69, 9.17) is 0 Å². The molecule has 2 heterocycles. The van der Waals surface area contributed by atoms with Crippen LogP contribution in [-0.2, 0) is 11.8 Å². The van der Waals surface area contributed by atoms with Gasteiger partial charge in [0.2, 0.25) is 5.91 Å². The Bertz CT molecular complexity index is 860. The second-order valence-corrected chi connectivity index (χ2v) is 6.70. The molecule has 3 aromatic rings. The van der Waals surface area contributed by atoms with E-state index in [1.807, 2.05) is 56.1 Å². The monoisotopic (exact) mass is 355 g/mol. The Kier molecular flexibility index (Phi) is 5.33. The lowest BCUT2D eigenvalue weighted by Crippen LogP contribution is -2.33. The highest BCUT2D eigenvalue weighted by molar-refractivity contribution is 8.00. The van der Waals surface area contributed by atoms with E-state index in [0.717, 1.165) is 21.6 Å². The van der Waals surface area contributed by atoms with E-state index in [0.29, 0.717) is 13.1 Å². The van der Waals surface area contributed by atoms with Gasteiger partial charge in [0.1, 0.15) is 16.6 Å². The molecule has 0 N–H and O–H groups in total. The largest absolute Gasteiger partial charge is 0.342 e. The van der Waals surface area contributed by atoms with Crippen LogP contribution < -0.4 is 0 Å². The number of carbonyl (C=O) groups is 1. The Morgan fingerprint density at radius 2 is 1.92 bits per heavy atom. The van der Waals surface area contributed by atoms with E-state index in [1.165, 1.54) is 18.1 Å². The predicted molar refractivity (Wildman–Crippen MR) is 99.3 cm³/mol. The number of fused-ring (bicyclic) bond motifs is 1. The zero-order valence-corrected chi connectivity index (χ0v) is 15.4. The van der Waals surface area contributed by atoms with Gasteiger partial charge in [0.15, 0.2) is 5.65 Å².